The maximum absolute atomic E-state index is 6.60. The molecule has 0 saturated carbocycles. The number of ether oxygens (including phenoxy) is 1. The molecule has 0 heterocycles. The van der Waals surface area contributed by atoms with E-state index in [9.17, 15) is 0 Å². The monoisotopic (exact) mass is 368 g/mol. The van der Waals surface area contributed by atoms with Crippen LogP contribution >= 0.6 is 0 Å². The minimum Gasteiger partial charge on any atom is -0.491 e. The molecular weight excluding hydrogens is 334 g/mol. The van der Waals surface area contributed by atoms with Crippen molar-refractivity contribution >= 4 is 0 Å². The Morgan fingerprint density at radius 3 is 2.22 bits per heavy atom. The maximum Gasteiger partial charge on any atom is 0.140 e. The standard InChI is InChI=1S/C24H34NO2/c1-3-16-25(17-4-2,27-19-18-26-24-12-6-5-7-13-24)23-15-14-21-10-8-9-11-22(21)20-23/h5-13,23H,3-4,14-20H2,1-2H3/q+1. The predicted octanol–water partition coefficient (Wildman–Crippen LogP) is 5.19. The van der Waals surface area contributed by atoms with Crippen LogP contribution in [-0.4, -0.2) is 37.0 Å². The molecule has 1 aliphatic rings. The van der Waals surface area contributed by atoms with Gasteiger partial charge in [-0.05, 0) is 42.5 Å². The molecule has 0 amide bonds. The van der Waals surface area contributed by atoms with E-state index in [-0.39, 0.29) is 0 Å². The molecule has 0 spiro atoms. The fourth-order valence-electron chi connectivity index (χ4n) is 4.44. The molecule has 0 radical (unpaired) electrons. The first-order valence-corrected chi connectivity index (χ1v) is 10.5. The lowest BCUT2D eigenvalue weighted by Gasteiger charge is -2.43. The van der Waals surface area contributed by atoms with Gasteiger partial charge in [-0.15, -0.1) is 0 Å². The van der Waals surface area contributed by atoms with Crippen LogP contribution in [0.5, 0.6) is 5.75 Å². The van der Waals surface area contributed by atoms with Crippen LogP contribution in [0.1, 0.15) is 44.2 Å². The van der Waals surface area contributed by atoms with E-state index in [4.69, 9.17) is 9.57 Å². The maximum atomic E-state index is 6.60. The van der Waals surface area contributed by atoms with Gasteiger partial charge in [0.15, 0.2) is 0 Å². The van der Waals surface area contributed by atoms with Gasteiger partial charge in [-0.2, -0.15) is 9.48 Å². The van der Waals surface area contributed by atoms with Gasteiger partial charge in [0.25, 0.3) is 0 Å². The third-order valence-electron chi connectivity index (χ3n) is 5.63. The fraction of sp³-hybridized carbons (Fsp3) is 0.500. The molecule has 2 aromatic rings. The number of para-hydroxylation sites is 1. The number of aryl methyl sites for hydroxylation is 1. The normalized spacial score (nSPS) is 16.7. The second-order valence-electron chi connectivity index (χ2n) is 7.56. The van der Waals surface area contributed by atoms with Crippen LogP contribution in [-0.2, 0) is 17.7 Å². The molecule has 0 aliphatic heterocycles. The van der Waals surface area contributed by atoms with Crippen molar-refractivity contribution in [2.75, 3.05) is 26.3 Å². The number of hydrogen-bond acceptors (Lipinski definition) is 2. The van der Waals surface area contributed by atoms with E-state index in [1.807, 2.05) is 30.3 Å². The minimum absolute atomic E-state index is 0.538. The van der Waals surface area contributed by atoms with E-state index < -0.39 is 0 Å². The zero-order valence-corrected chi connectivity index (χ0v) is 16.9. The Balaban J connectivity index is 1.66. The molecule has 2 aromatic carbocycles. The number of fused-ring (bicyclic) bond motifs is 1. The lowest BCUT2D eigenvalue weighted by molar-refractivity contribution is -1.12. The third kappa shape index (κ3) is 5.12. The Morgan fingerprint density at radius 1 is 0.852 bits per heavy atom. The number of nitrogens with zero attached hydrogens (tertiary/aromatic N) is 1. The fourth-order valence-corrected chi connectivity index (χ4v) is 4.44. The highest BCUT2D eigenvalue weighted by molar-refractivity contribution is 5.30. The van der Waals surface area contributed by atoms with Crippen LogP contribution in [0, 0.1) is 0 Å². The highest BCUT2D eigenvalue weighted by atomic mass is 16.7. The second-order valence-corrected chi connectivity index (χ2v) is 7.56. The molecular formula is C24H34NO2+. The van der Waals surface area contributed by atoms with Gasteiger partial charge in [-0.25, -0.2) is 0 Å². The van der Waals surface area contributed by atoms with E-state index >= 15 is 0 Å². The van der Waals surface area contributed by atoms with Gasteiger partial charge in [0, 0.05) is 12.8 Å². The SMILES string of the molecule is CCC[N+](CCC)(OCCOc1ccccc1)C1CCc2ccccc2C1. The molecule has 0 saturated heterocycles. The minimum atomic E-state index is 0.538. The summed E-state index contributed by atoms with van der Waals surface area (Å²) < 4.78 is 6.64. The van der Waals surface area contributed by atoms with E-state index in [1.165, 1.54) is 17.5 Å². The van der Waals surface area contributed by atoms with Crippen molar-refractivity contribution < 1.29 is 14.2 Å². The lowest BCUT2D eigenvalue weighted by Crippen LogP contribution is -2.58. The Bertz CT molecular complexity index is 680. The van der Waals surface area contributed by atoms with Gasteiger partial charge in [-0.1, -0.05) is 56.3 Å². The summed E-state index contributed by atoms with van der Waals surface area (Å²) in [7, 11) is 0. The zero-order chi connectivity index (χ0) is 19.0. The third-order valence-corrected chi connectivity index (χ3v) is 5.63. The zero-order valence-electron chi connectivity index (χ0n) is 16.9. The molecule has 0 aromatic heterocycles. The van der Waals surface area contributed by atoms with Crippen molar-refractivity contribution in [1.29, 1.82) is 0 Å². The largest absolute Gasteiger partial charge is 0.491 e. The number of hydroxylamine groups is 3. The Kier molecular flexibility index (Phi) is 7.31. The molecule has 1 aliphatic carbocycles. The molecule has 1 atom stereocenters. The quantitative estimate of drug-likeness (QED) is 0.326. The van der Waals surface area contributed by atoms with Gasteiger partial charge in [0.05, 0.1) is 0 Å². The molecule has 3 nitrogen and oxygen atoms in total. The second kappa shape index (κ2) is 9.91. The molecule has 3 rings (SSSR count). The first-order chi connectivity index (χ1) is 13.3. The van der Waals surface area contributed by atoms with E-state index in [2.05, 4.69) is 38.1 Å². The summed E-state index contributed by atoms with van der Waals surface area (Å²) >= 11 is 0. The highest BCUT2D eigenvalue weighted by Crippen LogP contribution is 2.30. The van der Waals surface area contributed by atoms with Crippen molar-refractivity contribution in [3.63, 3.8) is 0 Å². The summed E-state index contributed by atoms with van der Waals surface area (Å²) in [6.07, 6.45) is 5.76. The first kappa shape index (κ1) is 19.9. The molecule has 0 bridgehead atoms. The summed E-state index contributed by atoms with van der Waals surface area (Å²) in [5, 5.41) is 0. The average Bonchev–Trinajstić information content (AvgIpc) is 2.72. The van der Waals surface area contributed by atoms with E-state index in [0.29, 0.717) is 19.3 Å². The Labute approximate surface area is 164 Å². The smallest absolute Gasteiger partial charge is 0.140 e. The van der Waals surface area contributed by atoms with Crippen LogP contribution in [0.25, 0.3) is 0 Å². The Hall–Kier alpha value is -1.84. The first-order valence-electron chi connectivity index (χ1n) is 10.5. The Morgan fingerprint density at radius 2 is 1.52 bits per heavy atom. The van der Waals surface area contributed by atoms with Crippen molar-refractivity contribution in [3.05, 3.63) is 65.7 Å². The number of rotatable bonds is 10. The molecule has 146 valence electrons. The lowest BCUT2D eigenvalue weighted by atomic mass is 9.87. The summed E-state index contributed by atoms with van der Waals surface area (Å²) in [4.78, 5) is 6.60. The topological polar surface area (TPSA) is 18.5 Å². The summed E-state index contributed by atoms with van der Waals surface area (Å²) in [5.41, 5.74) is 3.03. The van der Waals surface area contributed by atoms with Gasteiger partial charge in [0.1, 0.15) is 38.1 Å². The summed E-state index contributed by atoms with van der Waals surface area (Å²) in [6.45, 7) is 7.92. The van der Waals surface area contributed by atoms with Crippen LogP contribution in [0.4, 0.5) is 0 Å². The van der Waals surface area contributed by atoms with Crippen molar-refractivity contribution in [2.45, 2.75) is 52.0 Å². The molecule has 1 unspecified atom stereocenters. The number of quaternary nitrogens is 1. The van der Waals surface area contributed by atoms with E-state index in [0.717, 1.165) is 49.2 Å². The predicted molar refractivity (Wildman–Crippen MR) is 111 cm³/mol. The van der Waals surface area contributed by atoms with Crippen LogP contribution in [0.3, 0.4) is 0 Å². The summed E-state index contributed by atoms with van der Waals surface area (Å²) in [5.74, 6) is 0.914. The number of benzene rings is 2. The molecule has 27 heavy (non-hydrogen) atoms. The van der Waals surface area contributed by atoms with Crippen molar-refractivity contribution in [1.82, 2.24) is 0 Å². The van der Waals surface area contributed by atoms with Crippen molar-refractivity contribution in [2.24, 2.45) is 0 Å². The van der Waals surface area contributed by atoms with Gasteiger partial charge < -0.3 is 4.74 Å². The van der Waals surface area contributed by atoms with Gasteiger partial charge in [0.2, 0.25) is 0 Å². The van der Waals surface area contributed by atoms with Crippen LogP contribution < -0.4 is 4.74 Å². The average molecular weight is 369 g/mol. The van der Waals surface area contributed by atoms with Crippen LogP contribution in [0.2, 0.25) is 0 Å². The van der Waals surface area contributed by atoms with Crippen LogP contribution in [0.15, 0.2) is 54.6 Å². The molecule has 0 fully saturated rings. The number of hydrogen-bond donors (Lipinski definition) is 0. The molecule has 3 heteroatoms. The molecule has 0 N–H and O–H groups in total. The highest BCUT2D eigenvalue weighted by Gasteiger charge is 2.40. The van der Waals surface area contributed by atoms with Gasteiger partial charge in [-0.3, -0.25) is 0 Å². The van der Waals surface area contributed by atoms with Crippen molar-refractivity contribution in [3.8, 4) is 5.75 Å². The summed E-state index contributed by atoms with van der Waals surface area (Å²) in [6, 6.07) is 19.5. The van der Waals surface area contributed by atoms with Gasteiger partial charge >= 0.3 is 0 Å². The van der Waals surface area contributed by atoms with E-state index in [1.54, 1.807) is 0 Å².